The van der Waals surface area contributed by atoms with Gasteiger partial charge in [-0.1, -0.05) is 37.5 Å². The van der Waals surface area contributed by atoms with Gasteiger partial charge < -0.3 is 20.5 Å². The van der Waals surface area contributed by atoms with Crippen molar-refractivity contribution >= 4 is 35.4 Å². The van der Waals surface area contributed by atoms with Crippen molar-refractivity contribution in [2.45, 2.75) is 38.1 Å². The van der Waals surface area contributed by atoms with E-state index in [2.05, 4.69) is 36.1 Å². The molecule has 0 amide bonds. The third-order valence-electron chi connectivity index (χ3n) is 5.49. The summed E-state index contributed by atoms with van der Waals surface area (Å²) in [6.07, 6.45) is 6.86. The number of methoxy groups -OCH3 is 1. The van der Waals surface area contributed by atoms with E-state index >= 15 is 0 Å². The number of nitrogens with one attached hydrogen (secondary N) is 3. The lowest BCUT2D eigenvalue weighted by molar-refractivity contribution is -0.385. The molecule has 0 aliphatic heterocycles. The van der Waals surface area contributed by atoms with Crippen LogP contribution in [-0.4, -0.2) is 44.3 Å². The van der Waals surface area contributed by atoms with E-state index in [1.54, 1.807) is 0 Å². The van der Waals surface area contributed by atoms with Crippen LogP contribution in [-0.2, 0) is 0 Å². The lowest BCUT2D eigenvalue weighted by Crippen LogP contribution is -2.24. The number of non-ortho nitro benzene ring substituents is 1. The first-order chi connectivity index (χ1) is 17.0. The number of benzene rings is 2. The number of anilines is 4. The van der Waals surface area contributed by atoms with E-state index in [0.29, 0.717) is 11.9 Å². The molecule has 0 radical (unpaired) electrons. The highest BCUT2D eigenvalue weighted by atomic mass is 16.6. The second-order valence-corrected chi connectivity index (χ2v) is 7.99. The standard InChI is InChI=1S/C23H26N8O4/c1-35-19-13-18(31(33)34)12-15(20(19)32)14-24-30-23-28-21(25-16-8-4-2-5-9-16)27-22(29-23)26-17-10-6-3-7-11-17/h2,4-5,8-9,12-14,17,32H,3,6-7,10-11H2,1H3,(H3,25,26,27,28,29,30)/b24-14-. The van der Waals surface area contributed by atoms with Crippen LogP contribution < -0.4 is 20.8 Å². The molecule has 0 unspecified atom stereocenters. The maximum atomic E-state index is 11.2. The van der Waals surface area contributed by atoms with Crippen molar-refractivity contribution in [3.63, 3.8) is 0 Å². The van der Waals surface area contributed by atoms with Crippen molar-refractivity contribution in [3.8, 4) is 11.5 Å². The molecule has 35 heavy (non-hydrogen) atoms. The Balaban J connectivity index is 1.57. The van der Waals surface area contributed by atoms with E-state index in [1.165, 1.54) is 25.8 Å². The minimum atomic E-state index is -0.580. The number of aromatic nitrogens is 3. The maximum Gasteiger partial charge on any atom is 0.274 e. The highest BCUT2D eigenvalue weighted by molar-refractivity contribution is 5.86. The molecule has 0 spiro atoms. The van der Waals surface area contributed by atoms with Crippen LogP contribution in [0.15, 0.2) is 47.6 Å². The average molecular weight is 479 g/mol. The molecule has 2 aromatic carbocycles. The summed E-state index contributed by atoms with van der Waals surface area (Å²) in [4.78, 5) is 23.9. The van der Waals surface area contributed by atoms with E-state index in [9.17, 15) is 15.2 Å². The fraction of sp³-hybridized carbons (Fsp3) is 0.304. The molecule has 1 aromatic heterocycles. The van der Waals surface area contributed by atoms with Gasteiger partial charge in [-0.25, -0.2) is 5.43 Å². The zero-order chi connectivity index (χ0) is 24.6. The lowest BCUT2D eigenvalue weighted by atomic mass is 9.96. The molecule has 1 heterocycles. The Kier molecular flexibility index (Phi) is 7.50. The summed E-state index contributed by atoms with van der Waals surface area (Å²) in [6, 6.07) is 12.1. The predicted octanol–water partition coefficient (Wildman–Crippen LogP) is 4.43. The van der Waals surface area contributed by atoms with Crippen molar-refractivity contribution in [3.05, 3.63) is 58.1 Å². The molecule has 3 aromatic rings. The molecule has 4 rings (SSSR count). The van der Waals surface area contributed by atoms with Crippen molar-refractivity contribution < 1.29 is 14.8 Å². The third kappa shape index (κ3) is 6.31. The summed E-state index contributed by atoms with van der Waals surface area (Å²) in [6.45, 7) is 0. The number of aromatic hydroxyl groups is 1. The maximum absolute atomic E-state index is 11.2. The van der Waals surface area contributed by atoms with Gasteiger partial charge in [0.05, 0.1) is 24.3 Å². The summed E-state index contributed by atoms with van der Waals surface area (Å²) in [5, 5.41) is 32.1. The number of nitro groups is 1. The number of ether oxygens (including phenoxy) is 1. The van der Waals surface area contributed by atoms with Crippen LogP contribution in [0.3, 0.4) is 0 Å². The van der Waals surface area contributed by atoms with Crippen LogP contribution in [0.5, 0.6) is 11.5 Å². The van der Waals surface area contributed by atoms with Crippen molar-refractivity contribution in [2.75, 3.05) is 23.2 Å². The highest BCUT2D eigenvalue weighted by Gasteiger charge is 2.17. The number of hydrazone groups is 1. The molecule has 1 saturated carbocycles. The van der Waals surface area contributed by atoms with Crippen molar-refractivity contribution in [1.29, 1.82) is 0 Å². The first kappa shape index (κ1) is 23.7. The van der Waals surface area contributed by atoms with Gasteiger partial charge in [0.2, 0.25) is 17.8 Å². The number of rotatable bonds is 9. The fourth-order valence-corrected chi connectivity index (χ4v) is 3.76. The number of hydrogen-bond acceptors (Lipinski definition) is 11. The summed E-state index contributed by atoms with van der Waals surface area (Å²) in [7, 11) is 1.31. The van der Waals surface area contributed by atoms with E-state index in [-0.39, 0.29) is 34.7 Å². The van der Waals surface area contributed by atoms with Gasteiger partial charge in [0.1, 0.15) is 0 Å². The Bertz CT molecular complexity index is 1200. The highest BCUT2D eigenvalue weighted by Crippen LogP contribution is 2.33. The van der Waals surface area contributed by atoms with Gasteiger partial charge in [-0.3, -0.25) is 10.1 Å². The number of phenolic OH excluding ortho intramolecular Hbond substituents is 1. The summed E-state index contributed by atoms with van der Waals surface area (Å²) in [5.41, 5.74) is 3.38. The number of phenols is 1. The molecule has 12 heteroatoms. The summed E-state index contributed by atoms with van der Waals surface area (Å²) < 4.78 is 5.02. The topological polar surface area (TPSA) is 160 Å². The molecule has 4 N–H and O–H groups in total. The lowest BCUT2D eigenvalue weighted by Gasteiger charge is -2.22. The molecule has 0 bridgehead atoms. The number of para-hydroxylation sites is 1. The minimum absolute atomic E-state index is 0.0332. The molecule has 0 atom stereocenters. The van der Waals surface area contributed by atoms with Crippen LogP contribution in [0, 0.1) is 10.1 Å². The number of nitrogens with zero attached hydrogens (tertiary/aromatic N) is 5. The normalized spacial score (nSPS) is 14.0. The largest absolute Gasteiger partial charge is 0.504 e. The zero-order valence-corrected chi connectivity index (χ0v) is 19.1. The molecule has 0 saturated heterocycles. The Morgan fingerprint density at radius 3 is 2.51 bits per heavy atom. The molecule has 12 nitrogen and oxygen atoms in total. The van der Waals surface area contributed by atoms with Crippen LogP contribution in [0.25, 0.3) is 0 Å². The van der Waals surface area contributed by atoms with E-state index in [4.69, 9.17) is 4.74 Å². The van der Waals surface area contributed by atoms with Crippen molar-refractivity contribution in [1.82, 2.24) is 15.0 Å². The van der Waals surface area contributed by atoms with Crippen LogP contribution in [0.2, 0.25) is 0 Å². The summed E-state index contributed by atoms with van der Waals surface area (Å²) in [5.74, 6) is 0.578. The summed E-state index contributed by atoms with van der Waals surface area (Å²) >= 11 is 0. The smallest absolute Gasteiger partial charge is 0.274 e. The first-order valence-electron chi connectivity index (χ1n) is 11.2. The van der Waals surface area contributed by atoms with Crippen molar-refractivity contribution in [2.24, 2.45) is 5.10 Å². The minimum Gasteiger partial charge on any atom is -0.504 e. The van der Waals surface area contributed by atoms with Gasteiger partial charge in [0.15, 0.2) is 11.5 Å². The average Bonchev–Trinajstić information content (AvgIpc) is 2.86. The molecule has 1 aliphatic carbocycles. The van der Waals surface area contributed by atoms with Crippen LogP contribution in [0.1, 0.15) is 37.7 Å². The van der Waals surface area contributed by atoms with Gasteiger partial charge >= 0.3 is 0 Å². The Morgan fingerprint density at radius 1 is 1.09 bits per heavy atom. The first-order valence-corrected chi connectivity index (χ1v) is 11.2. The van der Waals surface area contributed by atoms with Crippen LogP contribution in [0.4, 0.5) is 29.2 Å². The van der Waals surface area contributed by atoms with Gasteiger partial charge in [0, 0.05) is 23.4 Å². The Morgan fingerprint density at radius 2 is 1.80 bits per heavy atom. The second-order valence-electron chi connectivity index (χ2n) is 7.99. The number of nitro benzene ring substituents is 1. The van der Waals surface area contributed by atoms with Gasteiger partial charge in [-0.2, -0.15) is 20.1 Å². The van der Waals surface area contributed by atoms with E-state index < -0.39 is 4.92 Å². The zero-order valence-electron chi connectivity index (χ0n) is 19.1. The SMILES string of the molecule is COc1cc([N+](=O)[O-])cc(/C=N\Nc2nc(Nc3ccccc3)nc(NC3CCCCC3)n2)c1O. The van der Waals surface area contributed by atoms with Gasteiger partial charge in [-0.05, 0) is 25.0 Å². The third-order valence-corrected chi connectivity index (χ3v) is 5.49. The molecule has 1 aliphatic rings. The van der Waals surface area contributed by atoms with E-state index in [0.717, 1.165) is 37.4 Å². The predicted molar refractivity (Wildman–Crippen MR) is 133 cm³/mol. The Labute approximate surface area is 201 Å². The second kappa shape index (κ2) is 11.1. The number of hydrogen-bond donors (Lipinski definition) is 4. The quantitative estimate of drug-likeness (QED) is 0.197. The molecular weight excluding hydrogens is 452 g/mol. The monoisotopic (exact) mass is 478 g/mol. The Hall–Kier alpha value is -4.48. The van der Waals surface area contributed by atoms with Crippen LogP contribution >= 0.6 is 0 Å². The van der Waals surface area contributed by atoms with E-state index in [1.807, 2.05) is 30.3 Å². The molecular formula is C23H26N8O4. The van der Waals surface area contributed by atoms with Gasteiger partial charge in [-0.15, -0.1) is 0 Å². The van der Waals surface area contributed by atoms with Gasteiger partial charge in [0.25, 0.3) is 5.69 Å². The molecule has 182 valence electrons. The molecule has 1 fully saturated rings. The fourth-order valence-electron chi connectivity index (χ4n) is 3.76.